The third kappa shape index (κ3) is 4.20. The zero-order chi connectivity index (χ0) is 23.3. The Bertz CT molecular complexity index is 1040. The molecule has 4 bridgehead atoms. The molecule has 1 amide bonds. The Kier molecular flexibility index (Phi) is 5.77. The van der Waals surface area contributed by atoms with Crippen LogP contribution in [0.5, 0.6) is 0 Å². The maximum atomic E-state index is 12.9. The van der Waals surface area contributed by atoms with Crippen molar-refractivity contribution >= 4 is 23.3 Å². The summed E-state index contributed by atoms with van der Waals surface area (Å²) >= 11 is 5.96. The highest BCUT2D eigenvalue weighted by molar-refractivity contribution is 6.30. The molecule has 1 aliphatic heterocycles. The molecule has 4 saturated carbocycles. The summed E-state index contributed by atoms with van der Waals surface area (Å²) in [6.07, 6.45) is 10.0. The summed E-state index contributed by atoms with van der Waals surface area (Å²) in [6, 6.07) is 7.44. The number of nitrogens with zero attached hydrogens (tertiary/aromatic N) is 3. The fourth-order valence-corrected chi connectivity index (χ4v) is 7.73. The monoisotopic (exact) mass is 480 g/mol. The number of aliphatic hydroxyl groups excluding tert-OH is 1. The fraction of sp³-hybridized carbons (Fsp3) is 0.593. The van der Waals surface area contributed by atoms with E-state index in [1.165, 1.54) is 38.5 Å². The maximum absolute atomic E-state index is 12.9. The zero-order valence-electron chi connectivity index (χ0n) is 19.5. The Hall–Kier alpha value is -2.18. The molecular formula is C27H33ClN4O2. The third-order valence-electron chi connectivity index (χ3n) is 8.88. The Labute approximate surface area is 206 Å². The standard InChI is InChI=1S/C27H33ClN4O2/c28-21-3-1-17(2-4-21)10-25(34)32-6-5-22-23(15-32)30-16-31-26(22)29-14-24(33)27-11-18-7-19(12-27)9-20(8-18)13-27/h1-4,16,18-20,24,33H,5-15H2,(H,29,30,31). The van der Waals surface area contributed by atoms with Crippen molar-refractivity contribution in [3.63, 3.8) is 0 Å². The minimum atomic E-state index is -0.340. The highest BCUT2D eigenvalue weighted by atomic mass is 35.5. The molecule has 7 heteroatoms. The van der Waals surface area contributed by atoms with Crippen LogP contribution in [0.3, 0.4) is 0 Å². The van der Waals surface area contributed by atoms with Crippen molar-refractivity contribution in [2.75, 3.05) is 18.4 Å². The second-order valence-corrected chi connectivity index (χ2v) is 11.6. The van der Waals surface area contributed by atoms with Gasteiger partial charge in [-0.1, -0.05) is 23.7 Å². The molecule has 7 rings (SSSR count). The average molecular weight is 481 g/mol. The van der Waals surface area contributed by atoms with E-state index in [0.717, 1.165) is 46.8 Å². The van der Waals surface area contributed by atoms with Gasteiger partial charge in [-0.25, -0.2) is 9.97 Å². The number of carbonyl (C=O) groups excluding carboxylic acids is 1. The van der Waals surface area contributed by atoms with E-state index in [1.807, 2.05) is 29.2 Å². The second-order valence-electron chi connectivity index (χ2n) is 11.2. The molecule has 1 unspecified atom stereocenters. The number of benzene rings is 1. The summed E-state index contributed by atoms with van der Waals surface area (Å²) < 4.78 is 0. The molecule has 1 aromatic heterocycles. The molecule has 2 N–H and O–H groups in total. The molecule has 4 aliphatic carbocycles. The number of nitrogens with one attached hydrogen (secondary N) is 1. The molecule has 5 aliphatic rings. The minimum Gasteiger partial charge on any atom is -0.391 e. The maximum Gasteiger partial charge on any atom is 0.227 e. The van der Waals surface area contributed by atoms with E-state index < -0.39 is 0 Å². The van der Waals surface area contributed by atoms with Crippen LogP contribution in [0.25, 0.3) is 0 Å². The molecule has 1 aromatic carbocycles. The lowest BCUT2D eigenvalue weighted by atomic mass is 9.48. The number of rotatable bonds is 6. The zero-order valence-corrected chi connectivity index (χ0v) is 20.3. The van der Waals surface area contributed by atoms with Crippen molar-refractivity contribution in [1.82, 2.24) is 14.9 Å². The van der Waals surface area contributed by atoms with Crippen LogP contribution < -0.4 is 5.32 Å². The number of carbonyl (C=O) groups is 1. The topological polar surface area (TPSA) is 78.4 Å². The van der Waals surface area contributed by atoms with Gasteiger partial charge in [0.15, 0.2) is 0 Å². The van der Waals surface area contributed by atoms with Gasteiger partial charge in [-0.2, -0.15) is 0 Å². The highest BCUT2D eigenvalue weighted by Gasteiger charge is 2.53. The molecule has 1 atom stereocenters. The lowest BCUT2D eigenvalue weighted by Gasteiger charge is -2.58. The molecule has 0 saturated heterocycles. The van der Waals surface area contributed by atoms with Crippen molar-refractivity contribution in [2.24, 2.45) is 23.2 Å². The summed E-state index contributed by atoms with van der Waals surface area (Å²) in [5, 5.41) is 15.4. The second kappa shape index (κ2) is 8.80. The number of halogens is 1. The first-order valence-corrected chi connectivity index (χ1v) is 13.1. The third-order valence-corrected chi connectivity index (χ3v) is 9.14. The van der Waals surface area contributed by atoms with Gasteiger partial charge in [-0.15, -0.1) is 0 Å². The van der Waals surface area contributed by atoms with Gasteiger partial charge in [-0.05, 0) is 85.8 Å². The summed E-state index contributed by atoms with van der Waals surface area (Å²) in [5.74, 6) is 3.38. The lowest BCUT2D eigenvalue weighted by Crippen LogP contribution is -2.53. The van der Waals surface area contributed by atoms with Crippen LogP contribution in [0.2, 0.25) is 5.02 Å². The van der Waals surface area contributed by atoms with Gasteiger partial charge in [0.2, 0.25) is 5.91 Å². The van der Waals surface area contributed by atoms with Crippen LogP contribution >= 0.6 is 11.6 Å². The van der Waals surface area contributed by atoms with Crippen LogP contribution in [0.1, 0.15) is 55.3 Å². The Morgan fingerprint density at radius 2 is 1.79 bits per heavy atom. The van der Waals surface area contributed by atoms with Gasteiger partial charge in [0.1, 0.15) is 12.1 Å². The van der Waals surface area contributed by atoms with Gasteiger partial charge >= 0.3 is 0 Å². The van der Waals surface area contributed by atoms with Crippen LogP contribution in [0, 0.1) is 23.2 Å². The minimum absolute atomic E-state index is 0.0957. The van der Waals surface area contributed by atoms with Crippen LogP contribution in [0.4, 0.5) is 5.82 Å². The van der Waals surface area contributed by atoms with Gasteiger partial charge in [0.25, 0.3) is 0 Å². The van der Waals surface area contributed by atoms with Gasteiger partial charge in [0.05, 0.1) is 24.8 Å². The van der Waals surface area contributed by atoms with Gasteiger partial charge in [0, 0.05) is 23.7 Å². The molecule has 180 valence electrons. The molecule has 0 radical (unpaired) electrons. The number of aromatic nitrogens is 2. The molecule has 0 spiro atoms. The number of fused-ring (bicyclic) bond motifs is 1. The molecule has 6 nitrogen and oxygen atoms in total. The van der Waals surface area contributed by atoms with E-state index in [1.54, 1.807) is 6.33 Å². The highest BCUT2D eigenvalue weighted by Crippen LogP contribution is 2.61. The van der Waals surface area contributed by atoms with E-state index in [-0.39, 0.29) is 17.4 Å². The van der Waals surface area contributed by atoms with Crippen LogP contribution in [-0.2, 0) is 24.2 Å². The van der Waals surface area contributed by atoms with Crippen LogP contribution in [-0.4, -0.2) is 45.1 Å². The normalized spacial score (nSPS) is 30.2. The van der Waals surface area contributed by atoms with Gasteiger partial charge in [-0.3, -0.25) is 4.79 Å². The van der Waals surface area contributed by atoms with E-state index in [0.29, 0.717) is 31.1 Å². The lowest BCUT2D eigenvalue weighted by molar-refractivity contribution is -0.131. The number of hydrogen-bond acceptors (Lipinski definition) is 5. The first-order valence-electron chi connectivity index (χ1n) is 12.7. The van der Waals surface area contributed by atoms with Crippen molar-refractivity contribution in [2.45, 2.75) is 64.0 Å². The number of aliphatic hydroxyl groups is 1. The van der Waals surface area contributed by atoms with E-state index in [2.05, 4.69) is 15.3 Å². The Morgan fingerprint density at radius 3 is 2.47 bits per heavy atom. The van der Waals surface area contributed by atoms with E-state index in [4.69, 9.17) is 11.6 Å². The van der Waals surface area contributed by atoms with Crippen molar-refractivity contribution in [1.29, 1.82) is 0 Å². The summed E-state index contributed by atoms with van der Waals surface area (Å²) in [5.41, 5.74) is 3.04. The fourth-order valence-electron chi connectivity index (χ4n) is 7.60. The quantitative estimate of drug-likeness (QED) is 0.646. The Balaban J connectivity index is 1.10. The first kappa shape index (κ1) is 22.3. The van der Waals surface area contributed by atoms with Crippen LogP contribution in [0.15, 0.2) is 30.6 Å². The SMILES string of the molecule is O=C(Cc1ccc(Cl)cc1)N1CCc2c(ncnc2NCC(O)C23CC4CC(CC(C4)C2)C3)C1. The van der Waals surface area contributed by atoms with E-state index >= 15 is 0 Å². The number of hydrogen-bond donors (Lipinski definition) is 2. The molecule has 2 heterocycles. The summed E-state index contributed by atoms with van der Waals surface area (Å²) in [6.45, 7) is 1.68. The Morgan fingerprint density at radius 1 is 1.12 bits per heavy atom. The number of anilines is 1. The first-order chi connectivity index (χ1) is 16.5. The largest absolute Gasteiger partial charge is 0.391 e. The predicted octanol–water partition coefficient (Wildman–Crippen LogP) is 4.25. The van der Waals surface area contributed by atoms with E-state index in [9.17, 15) is 9.90 Å². The van der Waals surface area contributed by atoms with Crippen molar-refractivity contribution in [3.05, 3.63) is 52.4 Å². The summed E-state index contributed by atoms with van der Waals surface area (Å²) in [4.78, 5) is 23.7. The summed E-state index contributed by atoms with van der Waals surface area (Å²) in [7, 11) is 0. The molecule has 34 heavy (non-hydrogen) atoms. The molecule has 4 fully saturated rings. The average Bonchev–Trinajstić information content (AvgIpc) is 2.82. The van der Waals surface area contributed by atoms with Crippen molar-refractivity contribution < 1.29 is 9.90 Å². The molecular weight excluding hydrogens is 448 g/mol. The number of amides is 1. The smallest absolute Gasteiger partial charge is 0.227 e. The predicted molar refractivity (Wildman–Crippen MR) is 131 cm³/mol. The van der Waals surface area contributed by atoms with Crippen molar-refractivity contribution in [3.8, 4) is 0 Å². The molecule has 2 aromatic rings. The van der Waals surface area contributed by atoms with Gasteiger partial charge < -0.3 is 15.3 Å².